The number of benzene rings is 1. The van der Waals surface area contributed by atoms with Crippen molar-refractivity contribution in [2.75, 3.05) is 13.2 Å². The Balaban J connectivity index is 2.36. The lowest BCUT2D eigenvalue weighted by Gasteiger charge is -2.07. The molecule has 0 aliphatic heterocycles. The van der Waals surface area contributed by atoms with Crippen molar-refractivity contribution in [3.63, 3.8) is 0 Å². The van der Waals surface area contributed by atoms with Gasteiger partial charge in [-0.15, -0.1) is 10.2 Å². The van der Waals surface area contributed by atoms with Crippen molar-refractivity contribution in [1.82, 2.24) is 10.2 Å². The number of rotatable bonds is 5. The van der Waals surface area contributed by atoms with Crippen LogP contribution in [0.3, 0.4) is 0 Å². The van der Waals surface area contributed by atoms with E-state index in [0.29, 0.717) is 34.6 Å². The first-order valence-corrected chi connectivity index (χ1v) is 7.28. The third-order valence-electron chi connectivity index (χ3n) is 2.35. The Hall–Kier alpha value is -1.66. The third-order valence-corrected chi connectivity index (χ3v) is 3.52. The molecular formula is C13H13ClN2O3S. The average Bonchev–Trinajstić information content (AvgIpc) is 2.91. The van der Waals surface area contributed by atoms with E-state index in [1.54, 1.807) is 25.1 Å². The van der Waals surface area contributed by atoms with Crippen LogP contribution in [0.25, 0.3) is 10.6 Å². The largest absolute Gasteiger partial charge is 0.493 e. The maximum Gasteiger partial charge on any atom is 0.369 e. The molecule has 1 heterocycles. The van der Waals surface area contributed by atoms with Crippen LogP contribution < -0.4 is 4.74 Å². The fourth-order valence-electron chi connectivity index (χ4n) is 1.56. The monoisotopic (exact) mass is 312 g/mol. The predicted octanol–water partition coefficient (Wildman–Crippen LogP) is 3.43. The molecule has 5 nitrogen and oxygen atoms in total. The molecule has 1 aromatic carbocycles. The van der Waals surface area contributed by atoms with E-state index in [4.69, 9.17) is 21.1 Å². The molecule has 0 aliphatic carbocycles. The number of carbonyl (C=O) groups excluding carboxylic acids is 1. The zero-order chi connectivity index (χ0) is 14.5. The number of ether oxygens (including phenoxy) is 2. The number of aromatic nitrogens is 2. The van der Waals surface area contributed by atoms with Gasteiger partial charge < -0.3 is 9.47 Å². The van der Waals surface area contributed by atoms with Gasteiger partial charge in [-0.25, -0.2) is 4.79 Å². The highest BCUT2D eigenvalue weighted by molar-refractivity contribution is 7.16. The van der Waals surface area contributed by atoms with Crippen molar-refractivity contribution >= 4 is 28.9 Å². The predicted molar refractivity (Wildman–Crippen MR) is 77.5 cm³/mol. The Kier molecular flexibility index (Phi) is 4.92. The van der Waals surface area contributed by atoms with Gasteiger partial charge in [0.15, 0.2) is 5.01 Å². The third kappa shape index (κ3) is 3.26. The van der Waals surface area contributed by atoms with Gasteiger partial charge in [-0.1, -0.05) is 22.9 Å². The van der Waals surface area contributed by atoms with E-state index in [1.165, 1.54) is 0 Å². The molecule has 0 radical (unpaired) electrons. The quantitative estimate of drug-likeness (QED) is 0.791. The molecule has 7 heteroatoms. The first kappa shape index (κ1) is 14.7. The summed E-state index contributed by atoms with van der Waals surface area (Å²) < 4.78 is 10.4. The van der Waals surface area contributed by atoms with Crippen molar-refractivity contribution in [3.8, 4) is 16.3 Å². The summed E-state index contributed by atoms with van der Waals surface area (Å²) in [7, 11) is 0. The van der Waals surface area contributed by atoms with E-state index < -0.39 is 5.97 Å². The first-order chi connectivity index (χ1) is 9.65. The zero-order valence-corrected chi connectivity index (χ0v) is 12.6. The number of carbonyl (C=O) groups is 1. The van der Waals surface area contributed by atoms with E-state index in [9.17, 15) is 4.79 Å². The summed E-state index contributed by atoms with van der Waals surface area (Å²) in [6.07, 6.45) is 0. The van der Waals surface area contributed by atoms with Crippen molar-refractivity contribution in [2.45, 2.75) is 13.8 Å². The topological polar surface area (TPSA) is 61.3 Å². The number of nitrogens with zero attached hydrogens (tertiary/aromatic N) is 2. The van der Waals surface area contributed by atoms with E-state index in [0.717, 1.165) is 11.3 Å². The van der Waals surface area contributed by atoms with Gasteiger partial charge in [-0.2, -0.15) is 0 Å². The summed E-state index contributed by atoms with van der Waals surface area (Å²) in [6, 6.07) is 5.25. The number of esters is 1. The summed E-state index contributed by atoms with van der Waals surface area (Å²) in [5.74, 6) is 0.180. The molecule has 0 atom stereocenters. The lowest BCUT2D eigenvalue weighted by molar-refractivity contribution is 0.0525. The van der Waals surface area contributed by atoms with Crippen LogP contribution in [0.4, 0.5) is 0 Å². The van der Waals surface area contributed by atoms with E-state index >= 15 is 0 Å². The Morgan fingerprint density at radius 2 is 2.10 bits per heavy atom. The highest BCUT2D eigenvalue weighted by Gasteiger charge is 2.17. The highest BCUT2D eigenvalue weighted by atomic mass is 35.5. The summed E-state index contributed by atoms with van der Waals surface area (Å²) in [5.41, 5.74) is 0.715. The molecule has 0 fully saturated rings. The molecule has 2 aromatic rings. The Labute approximate surface area is 125 Å². The van der Waals surface area contributed by atoms with Gasteiger partial charge in [0.2, 0.25) is 5.01 Å². The van der Waals surface area contributed by atoms with Crippen molar-refractivity contribution in [1.29, 1.82) is 0 Å². The summed E-state index contributed by atoms with van der Waals surface area (Å²) >= 11 is 7.14. The molecule has 0 aliphatic rings. The molecule has 20 heavy (non-hydrogen) atoms. The molecule has 106 valence electrons. The van der Waals surface area contributed by atoms with Gasteiger partial charge >= 0.3 is 5.97 Å². The van der Waals surface area contributed by atoms with E-state index in [2.05, 4.69) is 10.2 Å². The van der Waals surface area contributed by atoms with Gasteiger partial charge in [0, 0.05) is 5.02 Å². The maximum atomic E-state index is 11.6. The lowest BCUT2D eigenvalue weighted by atomic mass is 10.2. The van der Waals surface area contributed by atoms with Gasteiger partial charge in [0.1, 0.15) is 5.75 Å². The summed E-state index contributed by atoms with van der Waals surface area (Å²) in [5, 5.41) is 9.19. The van der Waals surface area contributed by atoms with Gasteiger partial charge in [-0.05, 0) is 32.0 Å². The highest BCUT2D eigenvalue weighted by Crippen LogP contribution is 2.34. The Bertz CT molecular complexity index is 615. The molecule has 0 N–H and O–H groups in total. The normalized spacial score (nSPS) is 10.3. The van der Waals surface area contributed by atoms with Crippen LogP contribution in [0.5, 0.6) is 5.75 Å². The molecule has 0 bridgehead atoms. The zero-order valence-electron chi connectivity index (χ0n) is 11.1. The Morgan fingerprint density at radius 3 is 2.80 bits per heavy atom. The van der Waals surface area contributed by atoms with Crippen molar-refractivity contribution in [2.24, 2.45) is 0 Å². The molecule has 0 saturated heterocycles. The second-order valence-electron chi connectivity index (χ2n) is 3.71. The summed E-state index contributed by atoms with van der Waals surface area (Å²) in [4.78, 5) is 11.6. The average molecular weight is 313 g/mol. The fraction of sp³-hybridized carbons (Fsp3) is 0.308. The van der Waals surface area contributed by atoms with Crippen LogP contribution in [-0.2, 0) is 4.74 Å². The number of hydrogen-bond donors (Lipinski definition) is 0. The van der Waals surface area contributed by atoms with Crippen molar-refractivity contribution < 1.29 is 14.3 Å². The van der Waals surface area contributed by atoms with E-state index in [1.807, 2.05) is 6.92 Å². The minimum Gasteiger partial charge on any atom is -0.493 e. The molecule has 1 aromatic heterocycles. The minimum atomic E-state index is -0.476. The van der Waals surface area contributed by atoms with Crippen LogP contribution >= 0.6 is 22.9 Å². The second-order valence-corrected chi connectivity index (χ2v) is 5.12. The molecule has 2 rings (SSSR count). The standard InChI is InChI=1S/C13H13ClN2O3S/c1-3-18-10-6-5-8(14)7-9(10)11-15-16-12(20-11)13(17)19-4-2/h5-7H,3-4H2,1-2H3. The van der Waals surface area contributed by atoms with Gasteiger partial charge in [-0.3, -0.25) is 0 Å². The van der Waals surface area contributed by atoms with Crippen LogP contribution in [0.1, 0.15) is 23.6 Å². The van der Waals surface area contributed by atoms with E-state index in [-0.39, 0.29) is 5.01 Å². The molecular weight excluding hydrogens is 300 g/mol. The molecule has 0 unspecified atom stereocenters. The second kappa shape index (κ2) is 6.67. The van der Waals surface area contributed by atoms with Crippen LogP contribution in [-0.4, -0.2) is 29.4 Å². The maximum absolute atomic E-state index is 11.6. The Morgan fingerprint density at radius 1 is 1.30 bits per heavy atom. The SMILES string of the molecule is CCOC(=O)c1nnc(-c2cc(Cl)ccc2OCC)s1. The molecule has 0 saturated carbocycles. The van der Waals surface area contributed by atoms with Crippen LogP contribution in [0, 0.1) is 0 Å². The lowest BCUT2D eigenvalue weighted by Crippen LogP contribution is -2.03. The van der Waals surface area contributed by atoms with Gasteiger partial charge in [0.25, 0.3) is 0 Å². The van der Waals surface area contributed by atoms with Gasteiger partial charge in [0.05, 0.1) is 18.8 Å². The number of halogens is 1. The minimum absolute atomic E-state index is 0.212. The first-order valence-electron chi connectivity index (χ1n) is 6.09. The van der Waals surface area contributed by atoms with Crippen LogP contribution in [0.2, 0.25) is 5.02 Å². The molecule has 0 spiro atoms. The number of hydrogen-bond acceptors (Lipinski definition) is 6. The van der Waals surface area contributed by atoms with Crippen molar-refractivity contribution in [3.05, 3.63) is 28.2 Å². The fourth-order valence-corrected chi connectivity index (χ4v) is 2.49. The summed E-state index contributed by atoms with van der Waals surface area (Å²) in [6.45, 7) is 4.46. The molecule has 0 amide bonds. The van der Waals surface area contributed by atoms with Crippen LogP contribution in [0.15, 0.2) is 18.2 Å². The smallest absolute Gasteiger partial charge is 0.369 e.